The van der Waals surface area contributed by atoms with Crippen LogP contribution in [0, 0.1) is 69.5 Å². The molecule has 0 amide bonds. The standard InChI is InChI=1S/C21H30O3.C19H30O4/c1-4-21(24)10-7-16-18-15(6-9-20(16,21)3)19(2)8-5-14(22)11-13(19)12-17(18)23;1-18-5-3-11(20)7-10(18)8-14(21)16-12(18)4-6-19(2)13(16)9-15(22)17(19)23/h1,12,14-18,22-24H,5-11H2,2-3H3;8,11-17,20-23H,3-7,9H2,1-2H3/t14-,15+,16+,17+,18-,19+,20+,21+;11-,12+,13+,14+,15-,16-,17+,18+,19+/m11/s1. The molecule has 0 aromatic carbocycles. The van der Waals surface area contributed by atoms with Gasteiger partial charge in [0.25, 0.3) is 0 Å². The van der Waals surface area contributed by atoms with E-state index in [1.807, 2.05) is 12.2 Å². The highest BCUT2D eigenvalue weighted by Gasteiger charge is 2.65. The molecule has 0 spiro atoms. The Kier molecular flexibility index (Phi) is 8.29. The Balaban J connectivity index is 0.000000150. The lowest BCUT2D eigenvalue weighted by Gasteiger charge is -2.59. The van der Waals surface area contributed by atoms with Crippen LogP contribution in [-0.4, -0.2) is 78.0 Å². The monoisotopic (exact) mass is 652 g/mol. The molecule has 8 rings (SSSR count). The third-order valence-corrected chi connectivity index (χ3v) is 16.6. The summed E-state index contributed by atoms with van der Waals surface area (Å²) >= 11 is 0. The lowest BCUT2D eigenvalue weighted by Crippen LogP contribution is -2.57. The van der Waals surface area contributed by atoms with Crippen molar-refractivity contribution in [2.45, 2.75) is 153 Å². The van der Waals surface area contributed by atoms with Crippen LogP contribution in [0.1, 0.15) is 111 Å². The average molecular weight is 653 g/mol. The second-order valence-corrected chi connectivity index (χ2v) is 18.4. The molecule has 0 aliphatic heterocycles. The van der Waals surface area contributed by atoms with Crippen LogP contribution in [0.25, 0.3) is 0 Å². The van der Waals surface area contributed by atoms with Gasteiger partial charge in [0.1, 0.15) is 5.60 Å². The Morgan fingerprint density at radius 1 is 0.638 bits per heavy atom. The van der Waals surface area contributed by atoms with Crippen molar-refractivity contribution in [2.75, 3.05) is 0 Å². The molecule has 0 aromatic rings. The average Bonchev–Trinajstić information content (AvgIpc) is 3.43. The fourth-order valence-corrected chi connectivity index (χ4v) is 13.5. The Morgan fingerprint density at radius 2 is 1.13 bits per heavy atom. The molecule has 7 N–H and O–H groups in total. The smallest absolute Gasteiger partial charge is 0.130 e. The zero-order chi connectivity index (χ0) is 33.9. The molecule has 17 atom stereocenters. The molecule has 6 saturated carbocycles. The topological polar surface area (TPSA) is 142 Å². The number of terminal acetylenes is 1. The minimum atomic E-state index is -1.03. The second kappa shape index (κ2) is 11.4. The van der Waals surface area contributed by atoms with E-state index in [-0.39, 0.29) is 57.5 Å². The highest BCUT2D eigenvalue weighted by Crippen LogP contribution is 2.68. The van der Waals surface area contributed by atoms with Crippen molar-refractivity contribution < 1.29 is 35.7 Å². The van der Waals surface area contributed by atoms with Crippen molar-refractivity contribution in [2.24, 2.45) is 57.2 Å². The minimum absolute atomic E-state index is 0.0585. The van der Waals surface area contributed by atoms with E-state index >= 15 is 0 Å². The quantitative estimate of drug-likeness (QED) is 0.153. The highest BCUT2D eigenvalue weighted by atomic mass is 16.3. The highest BCUT2D eigenvalue weighted by molar-refractivity contribution is 5.31. The van der Waals surface area contributed by atoms with Gasteiger partial charge >= 0.3 is 0 Å². The van der Waals surface area contributed by atoms with Gasteiger partial charge in [-0.05, 0) is 135 Å². The summed E-state index contributed by atoms with van der Waals surface area (Å²) in [5, 5.41) is 73.6. The van der Waals surface area contributed by atoms with Crippen LogP contribution in [0.15, 0.2) is 23.3 Å². The van der Waals surface area contributed by atoms with E-state index in [2.05, 4.69) is 33.6 Å². The van der Waals surface area contributed by atoms with Crippen LogP contribution in [0.2, 0.25) is 0 Å². The van der Waals surface area contributed by atoms with Crippen LogP contribution in [0.3, 0.4) is 0 Å². The molecule has 0 bridgehead atoms. The Labute approximate surface area is 281 Å². The molecular formula is C40H60O7. The van der Waals surface area contributed by atoms with Crippen molar-refractivity contribution in [3.05, 3.63) is 23.3 Å². The van der Waals surface area contributed by atoms with Gasteiger partial charge in [-0.25, -0.2) is 0 Å². The lowest BCUT2D eigenvalue weighted by molar-refractivity contribution is -0.123. The maximum atomic E-state index is 11.0. The number of fused-ring (bicyclic) bond motifs is 10. The van der Waals surface area contributed by atoms with Crippen molar-refractivity contribution >= 4 is 0 Å². The Bertz CT molecular complexity index is 1350. The fourth-order valence-electron chi connectivity index (χ4n) is 13.5. The summed E-state index contributed by atoms with van der Waals surface area (Å²) in [5.74, 6) is 4.24. The number of aliphatic hydroxyl groups excluding tert-OH is 6. The molecule has 8 aliphatic rings. The predicted octanol–water partition coefficient (Wildman–Crippen LogP) is 4.26. The van der Waals surface area contributed by atoms with Crippen molar-refractivity contribution in [1.82, 2.24) is 0 Å². The van der Waals surface area contributed by atoms with E-state index < -0.39 is 30.0 Å². The molecule has 7 heteroatoms. The first-order valence-corrected chi connectivity index (χ1v) is 18.7. The van der Waals surface area contributed by atoms with Gasteiger partial charge in [0, 0.05) is 5.41 Å². The van der Waals surface area contributed by atoms with Crippen LogP contribution < -0.4 is 0 Å². The van der Waals surface area contributed by atoms with Crippen molar-refractivity contribution in [1.29, 1.82) is 0 Å². The first-order chi connectivity index (χ1) is 22.0. The van der Waals surface area contributed by atoms with Gasteiger partial charge in [0.15, 0.2) is 0 Å². The van der Waals surface area contributed by atoms with E-state index in [9.17, 15) is 35.7 Å². The van der Waals surface area contributed by atoms with Crippen molar-refractivity contribution in [3.8, 4) is 12.3 Å². The van der Waals surface area contributed by atoms with Crippen LogP contribution in [0.5, 0.6) is 0 Å². The molecule has 0 heterocycles. The summed E-state index contributed by atoms with van der Waals surface area (Å²) in [6, 6.07) is 0. The molecule has 0 radical (unpaired) electrons. The third-order valence-electron chi connectivity index (χ3n) is 16.6. The maximum Gasteiger partial charge on any atom is 0.130 e. The van der Waals surface area contributed by atoms with Crippen LogP contribution >= 0.6 is 0 Å². The van der Waals surface area contributed by atoms with Gasteiger partial charge < -0.3 is 35.7 Å². The number of hydrogen-bond donors (Lipinski definition) is 7. The van der Waals surface area contributed by atoms with Crippen LogP contribution in [0.4, 0.5) is 0 Å². The van der Waals surface area contributed by atoms with E-state index in [0.717, 1.165) is 57.8 Å². The third kappa shape index (κ3) is 4.79. The molecule has 6 fully saturated rings. The Morgan fingerprint density at radius 3 is 1.66 bits per heavy atom. The molecular weight excluding hydrogens is 592 g/mol. The zero-order valence-corrected chi connectivity index (χ0v) is 29.0. The number of aliphatic hydroxyl groups is 7. The maximum absolute atomic E-state index is 11.0. The second-order valence-electron chi connectivity index (χ2n) is 18.4. The molecule has 0 saturated heterocycles. The van der Waals surface area contributed by atoms with Gasteiger partial charge in [-0.15, -0.1) is 6.42 Å². The fraction of sp³-hybridized carbons (Fsp3) is 0.850. The lowest BCUT2D eigenvalue weighted by atomic mass is 9.46. The molecule has 262 valence electrons. The molecule has 0 aromatic heterocycles. The van der Waals surface area contributed by atoms with Gasteiger partial charge in [0.05, 0.1) is 36.6 Å². The normalized spacial score (nSPS) is 57.7. The van der Waals surface area contributed by atoms with E-state index in [4.69, 9.17) is 6.42 Å². The summed E-state index contributed by atoms with van der Waals surface area (Å²) in [5.41, 5.74) is 1.02. The van der Waals surface area contributed by atoms with Crippen LogP contribution in [-0.2, 0) is 0 Å². The number of hydrogen-bond acceptors (Lipinski definition) is 7. The van der Waals surface area contributed by atoms with Gasteiger partial charge in [-0.1, -0.05) is 56.9 Å². The van der Waals surface area contributed by atoms with Gasteiger partial charge in [-0.3, -0.25) is 0 Å². The molecule has 0 unspecified atom stereocenters. The first-order valence-electron chi connectivity index (χ1n) is 18.7. The van der Waals surface area contributed by atoms with E-state index in [1.165, 1.54) is 11.1 Å². The SMILES string of the molecule is C#C[C@]1(O)CC[C@H]2[C@@H]3[C@@H](O)C=C4C[C@H](O)CC[C@]4(C)[C@H]3CC[C@@]21C.C[C@]12CC[C@H]3[C@@H]([C@@H](O)C=C4C[C@H](O)CC[C@@]43C)[C@@H]1C[C@@H](O)[C@@H]2O. The predicted molar refractivity (Wildman–Crippen MR) is 179 cm³/mol. The van der Waals surface area contributed by atoms with Gasteiger partial charge in [-0.2, -0.15) is 0 Å². The minimum Gasteiger partial charge on any atom is -0.393 e. The summed E-state index contributed by atoms with van der Waals surface area (Å²) in [4.78, 5) is 0. The summed E-state index contributed by atoms with van der Waals surface area (Å²) in [6.07, 6.45) is 17.9. The largest absolute Gasteiger partial charge is 0.393 e. The zero-order valence-electron chi connectivity index (χ0n) is 29.0. The van der Waals surface area contributed by atoms with Crippen molar-refractivity contribution in [3.63, 3.8) is 0 Å². The van der Waals surface area contributed by atoms with E-state index in [0.29, 0.717) is 37.5 Å². The summed E-state index contributed by atoms with van der Waals surface area (Å²) in [7, 11) is 0. The van der Waals surface area contributed by atoms with Gasteiger partial charge in [0.2, 0.25) is 0 Å². The molecule has 7 nitrogen and oxygen atoms in total. The summed E-state index contributed by atoms with van der Waals surface area (Å²) in [6.45, 7) is 8.87. The molecule has 8 aliphatic carbocycles. The number of rotatable bonds is 0. The first kappa shape index (κ1) is 34.2. The molecule has 47 heavy (non-hydrogen) atoms. The van der Waals surface area contributed by atoms with E-state index in [1.54, 1.807) is 0 Å². The summed E-state index contributed by atoms with van der Waals surface area (Å²) < 4.78 is 0. The Hall–Kier alpha value is -1.24.